The highest BCUT2D eigenvalue weighted by molar-refractivity contribution is 5.88. The Kier molecular flexibility index (Phi) is 7.14. The number of rotatable bonds is 7. The lowest BCUT2D eigenvalue weighted by molar-refractivity contribution is -0.137. The van der Waals surface area contributed by atoms with E-state index in [0.717, 1.165) is 74.9 Å². The van der Waals surface area contributed by atoms with E-state index in [0.29, 0.717) is 23.0 Å². The Morgan fingerprint density at radius 3 is 2.67 bits per heavy atom. The van der Waals surface area contributed by atoms with Gasteiger partial charge >= 0.3 is 0 Å². The average molecular weight is 538 g/mol. The van der Waals surface area contributed by atoms with Gasteiger partial charge in [0.2, 0.25) is 5.91 Å². The van der Waals surface area contributed by atoms with Crippen molar-refractivity contribution in [3.8, 4) is 17.6 Å². The number of aromatic nitrogens is 2. The van der Waals surface area contributed by atoms with Crippen molar-refractivity contribution in [2.75, 3.05) is 20.1 Å². The number of carbonyl (C=O) groups excluding carboxylic acids is 1. The number of likely N-dealkylation sites (tertiary alicyclic amines) is 1. The Morgan fingerprint density at radius 2 is 1.95 bits per heavy atom. The fourth-order valence-electron chi connectivity index (χ4n) is 6.99. The Bertz CT molecular complexity index is 1430. The van der Waals surface area contributed by atoms with Gasteiger partial charge in [0.25, 0.3) is 0 Å². The van der Waals surface area contributed by atoms with Gasteiger partial charge in [0.05, 0.1) is 34.7 Å². The van der Waals surface area contributed by atoms with Crippen molar-refractivity contribution in [1.82, 2.24) is 19.8 Å². The Hall–Kier alpha value is -3.63. The van der Waals surface area contributed by atoms with Gasteiger partial charge in [0.1, 0.15) is 17.6 Å². The molecule has 2 aromatic carbocycles. The molecule has 2 atom stereocenters. The second-order valence-electron chi connectivity index (χ2n) is 12.0. The molecule has 3 heterocycles. The monoisotopic (exact) mass is 537 g/mol. The predicted molar refractivity (Wildman–Crippen MR) is 154 cm³/mol. The smallest absolute Gasteiger partial charge is 0.232 e. The van der Waals surface area contributed by atoms with Gasteiger partial charge in [0, 0.05) is 20.6 Å². The van der Waals surface area contributed by atoms with Gasteiger partial charge in [-0.3, -0.25) is 4.79 Å². The summed E-state index contributed by atoms with van der Waals surface area (Å²) >= 11 is 0. The first-order valence-electron chi connectivity index (χ1n) is 14.8. The number of benzene rings is 2. The molecular formula is C33H39N5O2. The third-order valence-electron chi connectivity index (χ3n) is 9.31. The second-order valence-corrected chi connectivity index (χ2v) is 12.0. The lowest BCUT2D eigenvalue weighted by Gasteiger charge is -2.38. The van der Waals surface area contributed by atoms with Gasteiger partial charge in [-0.05, 0) is 80.0 Å². The van der Waals surface area contributed by atoms with Gasteiger partial charge < -0.3 is 19.5 Å². The van der Waals surface area contributed by atoms with Gasteiger partial charge in [-0.2, -0.15) is 5.26 Å². The fourth-order valence-corrected chi connectivity index (χ4v) is 6.99. The van der Waals surface area contributed by atoms with Crippen molar-refractivity contribution in [3.63, 3.8) is 0 Å². The summed E-state index contributed by atoms with van der Waals surface area (Å²) in [6, 6.07) is 16.3. The van der Waals surface area contributed by atoms with Crippen LogP contribution in [0.4, 0.5) is 0 Å². The van der Waals surface area contributed by atoms with Crippen LogP contribution in [-0.4, -0.2) is 40.5 Å². The van der Waals surface area contributed by atoms with E-state index in [4.69, 9.17) is 4.74 Å². The molecule has 2 saturated heterocycles. The molecular weight excluding hydrogens is 498 g/mol. The van der Waals surface area contributed by atoms with Crippen LogP contribution < -0.4 is 10.1 Å². The van der Waals surface area contributed by atoms with E-state index < -0.39 is 5.41 Å². The summed E-state index contributed by atoms with van der Waals surface area (Å²) in [5.74, 6) is 2.05. The highest BCUT2D eigenvalue weighted by atomic mass is 16.5. The molecule has 2 aliphatic heterocycles. The van der Waals surface area contributed by atoms with E-state index in [1.54, 1.807) is 0 Å². The van der Waals surface area contributed by atoms with Crippen LogP contribution in [0.2, 0.25) is 0 Å². The molecule has 2 unspecified atom stereocenters. The van der Waals surface area contributed by atoms with E-state index in [9.17, 15) is 10.1 Å². The van der Waals surface area contributed by atoms with Crippen LogP contribution in [0, 0.1) is 17.2 Å². The third-order valence-corrected chi connectivity index (χ3v) is 9.31. The number of nitrogens with one attached hydrogen (secondary N) is 1. The molecule has 3 aliphatic rings. The number of aryl methyl sites for hydroxylation is 1. The van der Waals surface area contributed by atoms with Gasteiger partial charge in [-0.1, -0.05) is 43.9 Å². The zero-order valence-corrected chi connectivity index (χ0v) is 23.7. The number of amides is 1. The van der Waals surface area contributed by atoms with Gasteiger partial charge in [-0.25, -0.2) is 4.98 Å². The molecule has 6 rings (SSSR count). The summed E-state index contributed by atoms with van der Waals surface area (Å²) in [6.45, 7) is 1.72. The van der Waals surface area contributed by atoms with Crippen molar-refractivity contribution in [2.24, 2.45) is 13.0 Å². The number of likely N-dealkylation sites (N-methyl/N-ethyl adjacent to an activating group) is 1. The molecule has 3 fully saturated rings. The van der Waals surface area contributed by atoms with Crippen LogP contribution >= 0.6 is 0 Å². The van der Waals surface area contributed by atoms with Crippen molar-refractivity contribution in [1.29, 1.82) is 5.26 Å². The largest absolute Gasteiger partial charge is 0.456 e. The second kappa shape index (κ2) is 10.7. The van der Waals surface area contributed by atoms with Crippen LogP contribution in [0.3, 0.4) is 0 Å². The molecule has 1 amide bonds. The molecule has 0 spiro atoms. The van der Waals surface area contributed by atoms with E-state index >= 15 is 0 Å². The molecule has 7 heteroatoms. The van der Waals surface area contributed by atoms with Crippen molar-refractivity contribution in [2.45, 2.75) is 68.7 Å². The van der Waals surface area contributed by atoms with E-state index in [1.807, 2.05) is 67.9 Å². The first kappa shape index (κ1) is 26.6. The van der Waals surface area contributed by atoms with Crippen molar-refractivity contribution < 1.29 is 9.53 Å². The van der Waals surface area contributed by atoms with E-state index in [1.165, 1.54) is 12.8 Å². The molecule has 40 heavy (non-hydrogen) atoms. The minimum Gasteiger partial charge on any atom is -0.456 e. The summed E-state index contributed by atoms with van der Waals surface area (Å²) in [5.41, 5.74) is 2.77. The van der Waals surface area contributed by atoms with Crippen LogP contribution in [0.1, 0.15) is 80.2 Å². The minimum absolute atomic E-state index is 0.237. The molecule has 1 N–H and O–H groups in total. The van der Waals surface area contributed by atoms with Crippen LogP contribution in [0.25, 0.3) is 0 Å². The molecule has 7 nitrogen and oxygen atoms in total. The lowest BCUT2D eigenvalue weighted by atomic mass is 9.70. The van der Waals surface area contributed by atoms with E-state index in [-0.39, 0.29) is 11.4 Å². The third kappa shape index (κ3) is 4.79. The maximum Gasteiger partial charge on any atom is 0.232 e. The predicted octanol–water partition coefficient (Wildman–Crippen LogP) is 5.78. The lowest BCUT2D eigenvalue weighted by Crippen LogP contribution is -2.47. The summed E-state index contributed by atoms with van der Waals surface area (Å²) in [5, 5.41) is 13.7. The molecule has 3 aromatic rings. The topological polar surface area (TPSA) is 83.2 Å². The zero-order chi connectivity index (χ0) is 27.7. The maximum absolute atomic E-state index is 13.9. The molecule has 1 aromatic heterocycles. The Balaban J connectivity index is 1.37. The van der Waals surface area contributed by atoms with Crippen molar-refractivity contribution >= 4 is 5.91 Å². The Labute approximate surface area is 237 Å². The number of hydrogen-bond acceptors (Lipinski definition) is 5. The molecule has 1 saturated carbocycles. The normalized spacial score (nSPS) is 25.3. The number of imidazole rings is 1. The SMILES string of the molecule is CN1CCCCCC(CC2CC2)(c2cccc(Oc3cc(C4(c5cncn5C)CCCN4)ccc3C#N)c2)C1=O. The van der Waals surface area contributed by atoms with Gasteiger partial charge in [0.15, 0.2) is 0 Å². The van der Waals surface area contributed by atoms with Gasteiger partial charge in [-0.15, -0.1) is 0 Å². The highest BCUT2D eigenvalue weighted by Gasteiger charge is 2.46. The molecule has 1 aliphatic carbocycles. The number of hydrogen-bond donors (Lipinski definition) is 1. The standard InChI is InChI=1S/C33H39N5O2/c1-37-17-5-3-4-14-32(31(37)39,20-24-10-11-24)26-8-6-9-28(18-26)40-29-19-27(13-12-25(29)21-34)33(15-7-16-36-33)30-22-35-23-38(30)2/h6,8-9,12-13,18-19,22-24,36H,3-5,7,10-11,14-17,20H2,1-2H3. The molecule has 208 valence electrons. The van der Waals surface area contributed by atoms with E-state index in [2.05, 4.69) is 27.0 Å². The average Bonchev–Trinajstić information content (AvgIpc) is 3.44. The fraction of sp³-hybridized carbons (Fsp3) is 0.485. The summed E-state index contributed by atoms with van der Waals surface area (Å²) in [6.07, 6.45) is 13.2. The van der Waals surface area contributed by atoms with Crippen LogP contribution in [-0.2, 0) is 22.8 Å². The van der Waals surface area contributed by atoms with Crippen LogP contribution in [0.5, 0.6) is 11.5 Å². The number of carbonyl (C=O) groups is 1. The first-order chi connectivity index (χ1) is 19.4. The minimum atomic E-state index is -0.521. The Morgan fingerprint density at radius 1 is 1.07 bits per heavy atom. The van der Waals surface area contributed by atoms with Crippen molar-refractivity contribution in [3.05, 3.63) is 77.4 Å². The molecule has 0 bridgehead atoms. The maximum atomic E-state index is 13.9. The number of nitriles is 1. The molecule has 0 radical (unpaired) electrons. The summed E-state index contributed by atoms with van der Waals surface area (Å²) < 4.78 is 8.57. The quantitative estimate of drug-likeness (QED) is 0.413. The first-order valence-corrected chi connectivity index (χ1v) is 14.8. The number of nitrogens with zero attached hydrogens (tertiary/aromatic N) is 4. The summed E-state index contributed by atoms with van der Waals surface area (Å²) in [4.78, 5) is 20.3. The summed E-state index contributed by atoms with van der Waals surface area (Å²) in [7, 11) is 3.97. The number of ether oxygens (including phenoxy) is 1. The van der Waals surface area contributed by atoms with Crippen LogP contribution in [0.15, 0.2) is 55.0 Å². The zero-order valence-electron chi connectivity index (χ0n) is 23.7. The highest BCUT2D eigenvalue weighted by Crippen LogP contribution is 2.47.